The Morgan fingerprint density at radius 3 is 2.71 bits per heavy atom. The van der Waals surface area contributed by atoms with Crippen molar-refractivity contribution in [2.45, 2.75) is 82.5 Å². The van der Waals surface area contributed by atoms with Crippen LogP contribution in [0.4, 0.5) is 4.39 Å². The number of fused-ring (bicyclic) bond motifs is 1. The van der Waals surface area contributed by atoms with E-state index < -0.39 is 0 Å². The molecule has 5 rings (SSSR count). The van der Waals surface area contributed by atoms with E-state index >= 15 is 4.39 Å². The van der Waals surface area contributed by atoms with Crippen LogP contribution in [-0.4, -0.2) is 67.1 Å². The first-order valence-electron chi connectivity index (χ1n) is 12.7. The summed E-state index contributed by atoms with van der Waals surface area (Å²) in [5, 5.41) is 14.7. The molecule has 4 aliphatic heterocycles. The predicted octanol–water partition coefficient (Wildman–Crippen LogP) is 2.37. The number of amides is 1. The van der Waals surface area contributed by atoms with Gasteiger partial charge in [0.25, 0.3) is 0 Å². The predicted molar refractivity (Wildman–Crippen MR) is 130 cm³/mol. The highest BCUT2D eigenvalue weighted by molar-refractivity contribution is 6.30. The van der Waals surface area contributed by atoms with E-state index in [1.54, 1.807) is 12.1 Å². The van der Waals surface area contributed by atoms with Crippen molar-refractivity contribution in [3.63, 3.8) is 0 Å². The van der Waals surface area contributed by atoms with Crippen LogP contribution in [0.3, 0.4) is 0 Å². The maximum Gasteiger partial charge on any atom is 0.228 e. The van der Waals surface area contributed by atoms with Crippen LogP contribution in [-0.2, 0) is 9.53 Å². The molecule has 4 fully saturated rings. The normalized spacial score (nSPS) is 41.3. The van der Waals surface area contributed by atoms with Crippen molar-refractivity contribution in [1.29, 1.82) is 0 Å². The van der Waals surface area contributed by atoms with Gasteiger partial charge in [-0.3, -0.25) is 15.4 Å². The number of halogens is 2. The minimum absolute atomic E-state index is 0.0189. The van der Waals surface area contributed by atoms with Gasteiger partial charge in [-0.05, 0) is 51.2 Å². The summed E-state index contributed by atoms with van der Waals surface area (Å²) in [6, 6.07) is 5.34. The quantitative estimate of drug-likeness (QED) is 0.518. The Balaban J connectivity index is 1.40. The van der Waals surface area contributed by atoms with Gasteiger partial charge in [-0.1, -0.05) is 24.6 Å². The Bertz CT molecular complexity index is 906. The average molecular weight is 494 g/mol. The van der Waals surface area contributed by atoms with E-state index in [2.05, 4.69) is 28.2 Å². The van der Waals surface area contributed by atoms with Gasteiger partial charge < -0.3 is 20.3 Å². The largest absolute Gasteiger partial charge is 0.377 e. The molecule has 4 heterocycles. The molecule has 0 saturated carbocycles. The number of hydrogen-bond acceptors (Lipinski definition) is 6. The Kier molecular flexibility index (Phi) is 7.17. The maximum absolute atomic E-state index is 15.1. The van der Waals surface area contributed by atoms with Crippen molar-refractivity contribution >= 4 is 17.5 Å². The molecule has 4 saturated heterocycles. The first kappa shape index (κ1) is 24.4. The lowest BCUT2D eigenvalue weighted by atomic mass is 9.81. The van der Waals surface area contributed by atoms with E-state index in [0.29, 0.717) is 41.7 Å². The van der Waals surface area contributed by atoms with Crippen LogP contribution in [0.1, 0.15) is 51.6 Å². The first-order chi connectivity index (χ1) is 16.3. The van der Waals surface area contributed by atoms with Gasteiger partial charge in [0.05, 0.1) is 18.1 Å². The van der Waals surface area contributed by atoms with Gasteiger partial charge >= 0.3 is 0 Å². The third-order valence-corrected chi connectivity index (χ3v) is 8.62. The molecule has 9 atom stereocenters. The molecule has 0 aromatic heterocycles. The molecule has 9 heteroatoms. The van der Waals surface area contributed by atoms with Crippen molar-refractivity contribution < 1.29 is 13.9 Å². The Morgan fingerprint density at radius 2 is 1.94 bits per heavy atom. The van der Waals surface area contributed by atoms with Crippen molar-refractivity contribution in [3.8, 4) is 0 Å². The molecular formula is C25H37ClFN5O2. The number of nitrogens with zero attached hydrogens (tertiary/aromatic N) is 1. The monoisotopic (exact) mass is 493 g/mol. The summed E-state index contributed by atoms with van der Waals surface area (Å²) < 4.78 is 21.3. The van der Waals surface area contributed by atoms with Crippen molar-refractivity contribution in [1.82, 2.24) is 26.2 Å². The molecule has 0 aliphatic carbocycles. The zero-order chi connectivity index (χ0) is 24.0. The summed E-state index contributed by atoms with van der Waals surface area (Å²) in [5.74, 6) is 0.0176. The SMILES string of the molecule is CC1CC(C2CC(C3CN4C(=O)C(C)C(C)NC4C(c4ccc(Cl)cc4F)N3)CCO2)NCN1. The molecule has 188 valence electrons. The second kappa shape index (κ2) is 9.99. The standard InChI is InChI=1S/C25H37ClFN5O2/c1-13-8-20(29-12-28-13)22-9-16(6-7-34-22)21-11-32-24(30-15(3)14(2)25(32)33)23(31-21)18-5-4-17(26)10-19(18)27/h4-5,10,13-16,20-24,28-31H,6-9,11-12H2,1-3H3. The van der Waals surface area contributed by atoms with Gasteiger partial charge in [0, 0.05) is 54.6 Å². The highest BCUT2D eigenvalue weighted by Gasteiger charge is 2.48. The smallest absolute Gasteiger partial charge is 0.228 e. The van der Waals surface area contributed by atoms with Crippen LogP contribution in [0.5, 0.6) is 0 Å². The minimum Gasteiger partial charge on any atom is -0.377 e. The second-order valence-corrected chi connectivity index (χ2v) is 11.1. The summed E-state index contributed by atoms with van der Waals surface area (Å²) in [6.07, 6.45) is 2.72. The Labute approximate surface area is 206 Å². The molecule has 1 aromatic carbocycles. The number of carbonyl (C=O) groups is 1. The topological polar surface area (TPSA) is 77.7 Å². The van der Waals surface area contributed by atoms with Gasteiger partial charge in [0.2, 0.25) is 5.91 Å². The van der Waals surface area contributed by atoms with E-state index in [0.717, 1.165) is 25.9 Å². The summed E-state index contributed by atoms with van der Waals surface area (Å²) in [5.41, 5.74) is 0.545. The summed E-state index contributed by atoms with van der Waals surface area (Å²) in [4.78, 5) is 15.3. The van der Waals surface area contributed by atoms with Gasteiger partial charge in [-0.2, -0.15) is 0 Å². The van der Waals surface area contributed by atoms with Crippen LogP contribution in [0.25, 0.3) is 0 Å². The molecule has 4 N–H and O–H groups in total. The lowest BCUT2D eigenvalue weighted by molar-refractivity contribution is -0.150. The van der Waals surface area contributed by atoms with E-state index in [-0.39, 0.29) is 48.0 Å². The van der Waals surface area contributed by atoms with Crippen LogP contribution in [0, 0.1) is 17.7 Å². The molecule has 0 radical (unpaired) electrons. The molecule has 0 bridgehead atoms. The number of ether oxygens (including phenoxy) is 1. The number of rotatable bonds is 3. The molecule has 4 aliphatic rings. The molecule has 34 heavy (non-hydrogen) atoms. The number of nitrogens with one attached hydrogen (secondary N) is 4. The maximum atomic E-state index is 15.1. The van der Waals surface area contributed by atoms with Crippen LogP contribution in [0.15, 0.2) is 18.2 Å². The number of hydrogen-bond donors (Lipinski definition) is 4. The fourth-order valence-electron chi connectivity index (χ4n) is 6.18. The summed E-state index contributed by atoms with van der Waals surface area (Å²) in [7, 11) is 0. The third-order valence-electron chi connectivity index (χ3n) is 8.39. The second-order valence-electron chi connectivity index (χ2n) is 10.6. The molecule has 9 unspecified atom stereocenters. The van der Waals surface area contributed by atoms with Crippen molar-refractivity contribution in [2.75, 3.05) is 19.8 Å². The van der Waals surface area contributed by atoms with E-state index in [1.807, 2.05) is 18.7 Å². The van der Waals surface area contributed by atoms with Crippen molar-refractivity contribution in [3.05, 3.63) is 34.6 Å². The van der Waals surface area contributed by atoms with E-state index in [9.17, 15) is 4.79 Å². The van der Waals surface area contributed by atoms with Crippen molar-refractivity contribution in [2.24, 2.45) is 11.8 Å². The minimum atomic E-state index is -0.353. The van der Waals surface area contributed by atoms with Gasteiger partial charge in [0.1, 0.15) is 12.0 Å². The Morgan fingerprint density at radius 1 is 1.12 bits per heavy atom. The zero-order valence-electron chi connectivity index (χ0n) is 20.2. The van der Waals surface area contributed by atoms with E-state index in [4.69, 9.17) is 16.3 Å². The molecule has 0 spiro atoms. The fraction of sp³-hybridized carbons (Fsp3) is 0.720. The highest BCUT2D eigenvalue weighted by Crippen LogP contribution is 2.36. The highest BCUT2D eigenvalue weighted by atomic mass is 35.5. The first-order valence-corrected chi connectivity index (χ1v) is 13.1. The molecule has 7 nitrogen and oxygen atoms in total. The zero-order valence-corrected chi connectivity index (χ0v) is 20.9. The van der Waals surface area contributed by atoms with Crippen LogP contribution < -0.4 is 21.3 Å². The number of piperazine rings is 1. The number of carbonyl (C=O) groups excluding carboxylic acids is 1. The van der Waals surface area contributed by atoms with Crippen LogP contribution >= 0.6 is 11.6 Å². The average Bonchev–Trinajstić information content (AvgIpc) is 2.82. The Hall–Kier alpha value is -1.29. The molecule has 1 amide bonds. The molecular weight excluding hydrogens is 457 g/mol. The number of benzene rings is 1. The van der Waals surface area contributed by atoms with Gasteiger partial charge in [-0.25, -0.2) is 4.39 Å². The van der Waals surface area contributed by atoms with Crippen LogP contribution in [0.2, 0.25) is 5.02 Å². The molecule has 1 aromatic rings. The lowest BCUT2D eigenvalue weighted by Gasteiger charge is -2.53. The van der Waals surface area contributed by atoms with E-state index in [1.165, 1.54) is 6.07 Å². The van der Waals surface area contributed by atoms with Gasteiger partial charge in [0.15, 0.2) is 0 Å². The summed E-state index contributed by atoms with van der Waals surface area (Å²) in [6.45, 7) is 8.32. The van der Waals surface area contributed by atoms with Gasteiger partial charge in [-0.15, -0.1) is 0 Å². The fourth-order valence-corrected chi connectivity index (χ4v) is 6.34. The lowest BCUT2D eigenvalue weighted by Crippen LogP contribution is -2.72. The summed E-state index contributed by atoms with van der Waals surface area (Å²) >= 11 is 6.04. The third kappa shape index (κ3) is 4.73.